The van der Waals surface area contributed by atoms with Crippen LogP contribution in [0.15, 0.2) is 36.4 Å². The van der Waals surface area contributed by atoms with E-state index in [9.17, 15) is 4.39 Å². The Hall–Kier alpha value is -2.07. The highest BCUT2D eigenvalue weighted by molar-refractivity contribution is 6.31. The Morgan fingerprint density at radius 2 is 2.05 bits per heavy atom. The van der Waals surface area contributed by atoms with E-state index in [0.717, 1.165) is 11.0 Å². The largest absolute Gasteiger partial charge is 0.399 e. The molecule has 3 aromatic rings. The molecule has 1 heterocycles. The first-order chi connectivity index (χ1) is 9.60. The van der Waals surface area contributed by atoms with Gasteiger partial charge >= 0.3 is 0 Å². The van der Waals surface area contributed by atoms with E-state index in [-0.39, 0.29) is 5.82 Å². The lowest BCUT2D eigenvalue weighted by Gasteiger charge is -2.07. The fourth-order valence-electron chi connectivity index (χ4n) is 2.34. The van der Waals surface area contributed by atoms with Gasteiger partial charge in [0, 0.05) is 17.3 Å². The molecular formula is C15H13ClFN3. The first-order valence-corrected chi connectivity index (χ1v) is 6.69. The molecule has 2 N–H and O–H groups in total. The van der Waals surface area contributed by atoms with Crippen molar-refractivity contribution in [2.75, 3.05) is 5.73 Å². The number of anilines is 1. The SMILES string of the molecule is CCn1c(-c2ccc(N)cc2F)nc2cc(Cl)ccc21. The molecule has 2 aromatic carbocycles. The predicted octanol–water partition coefficient (Wildman–Crippen LogP) is 4.10. The highest BCUT2D eigenvalue weighted by Gasteiger charge is 2.15. The third-order valence-corrected chi connectivity index (χ3v) is 3.50. The lowest BCUT2D eigenvalue weighted by Crippen LogP contribution is -1.99. The molecule has 0 saturated heterocycles. The number of nitrogen functional groups attached to an aromatic ring is 1. The van der Waals surface area contributed by atoms with Crippen molar-refractivity contribution < 1.29 is 4.39 Å². The zero-order valence-corrected chi connectivity index (χ0v) is 11.7. The smallest absolute Gasteiger partial charge is 0.144 e. The molecule has 0 atom stereocenters. The van der Waals surface area contributed by atoms with Gasteiger partial charge in [0.25, 0.3) is 0 Å². The number of aryl methyl sites for hydroxylation is 1. The number of imidazole rings is 1. The Balaban J connectivity index is 2.30. The molecule has 5 heteroatoms. The molecule has 0 radical (unpaired) electrons. The fraction of sp³-hybridized carbons (Fsp3) is 0.133. The first kappa shape index (κ1) is 12.9. The van der Waals surface area contributed by atoms with Gasteiger partial charge < -0.3 is 10.3 Å². The molecule has 20 heavy (non-hydrogen) atoms. The molecule has 0 aliphatic carbocycles. The lowest BCUT2D eigenvalue weighted by atomic mass is 10.2. The van der Waals surface area contributed by atoms with E-state index in [2.05, 4.69) is 4.98 Å². The molecule has 0 bridgehead atoms. The second-order valence-electron chi connectivity index (χ2n) is 4.55. The predicted molar refractivity (Wildman–Crippen MR) is 80.2 cm³/mol. The van der Waals surface area contributed by atoms with Crippen LogP contribution in [0.4, 0.5) is 10.1 Å². The van der Waals surface area contributed by atoms with Gasteiger partial charge in [-0.15, -0.1) is 0 Å². The van der Waals surface area contributed by atoms with Crippen LogP contribution in [0.1, 0.15) is 6.92 Å². The van der Waals surface area contributed by atoms with Gasteiger partial charge in [0.2, 0.25) is 0 Å². The standard InChI is InChI=1S/C15H13ClFN3/c1-2-20-14-6-3-9(16)7-13(14)19-15(20)11-5-4-10(18)8-12(11)17/h3-8H,2,18H2,1H3. The van der Waals surface area contributed by atoms with Crippen LogP contribution in [-0.4, -0.2) is 9.55 Å². The molecule has 0 spiro atoms. The van der Waals surface area contributed by atoms with Crippen molar-refractivity contribution in [2.24, 2.45) is 0 Å². The summed E-state index contributed by atoms with van der Waals surface area (Å²) in [6.07, 6.45) is 0. The minimum absolute atomic E-state index is 0.374. The second-order valence-corrected chi connectivity index (χ2v) is 4.99. The monoisotopic (exact) mass is 289 g/mol. The maximum Gasteiger partial charge on any atom is 0.144 e. The number of nitrogens with zero attached hydrogens (tertiary/aromatic N) is 2. The van der Waals surface area contributed by atoms with E-state index in [1.165, 1.54) is 6.07 Å². The van der Waals surface area contributed by atoms with Crippen molar-refractivity contribution in [1.82, 2.24) is 9.55 Å². The van der Waals surface area contributed by atoms with Gasteiger partial charge in [-0.2, -0.15) is 0 Å². The first-order valence-electron chi connectivity index (χ1n) is 6.31. The summed E-state index contributed by atoms with van der Waals surface area (Å²) < 4.78 is 16.1. The molecule has 3 nitrogen and oxygen atoms in total. The summed E-state index contributed by atoms with van der Waals surface area (Å²) in [7, 11) is 0. The maximum absolute atomic E-state index is 14.1. The van der Waals surface area contributed by atoms with Crippen molar-refractivity contribution in [1.29, 1.82) is 0 Å². The van der Waals surface area contributed by atoms with Gasteiger partial charge in [-0.1, -0.05) is 11.6 Å². The molecule has 0 aliphatic rings. The van der Waals surface area contributed by atoms with Crippen molar-refractivity contribution in [3.05, 3.63) is 47.2 Å². The van der Waals surface area contributed by atoms with Crippen molar-refractivity contribution in [2.45, 2.75) is 13.5 Å². The Kier molecular flexibility index (Phi) is 3.10. The number of nitrogens with two attached hydrogens (primary N) is 1. The van der Waals surface area contributed by atoms with E-state index >= 15 is 0 Å². The van der Waals surface area contributed by atoms with Gasteiger partial charge in [-0.05, 0) is 43.3 Å². The number of hydrogen-bond donors (Lipinski definition) is 1. The third-order valence-electron chi connectivity index (χ3n) is 3.26. The maximum atomic E-state index is 14.1. The Bertz CT molecular complexity index is 795. The third kappa shape index (κ3) is 2.02. The van der Waals surface area contributed by atoms with Gasteiger partial charge in [0.15, 0.2) is 0 Å². The topological polar surface area (TPSA) is 43.8 Å². The fourth-order valence-corrected chi connectivity index (χ4v) is 2.51. The molecule has 1 aromatic heterocycles. The summed E-state index contributed by atoms with van der Waals surface area (Å²) in [5.41, 5.74) is 8.11. The molecular weight excluding hydrogens is 277 g/mol. The molecule has 0 saturated carbocycles. The van der Waals surface area contributed by atoms with Crippen LogP contribution in [0.25, 0.3) is 22.4 Å². The van der Waals surface area contributed by atoms with Crippen LogP contribution in [-0.2, 0) is 6.54 Å². The molecule has 0 fully saturated rings. The number of halogens is 2. The van der Waals surface area contributed by atoms with Crippen LogP contribution in [0.3, 0.4) is 0 Å². The molecule has 0 aliphatic heterocycles. The molecule has 0 unspecified atom stereocenters. The average Bonchev–Trinajstić information content (AvgIpc) is 2.75. The quantitative estimate of drug-likeness (QED) is 0.722. The van der Waals surface area contributed by atoms with Crippen LogP contribution >= 0.6 is 11.6 Å². The Morgan fingerprint density at radius 3 is 2.75 bits per heavy atom. The van der Waals surface area contributed by atoms with E-state index in [0.29, 0.717) is 28.6 Å². The van der Waals surface area contributed by atoms with Crippen LogP contribution in [0.2, 0.25) is 5.02 Å². The van der Waals surface area contributed by atoms with E-state index in [1.54, 1.807) is 24.3 Å². The summed E-state index contributed by atoms with van der Waals surface area (Å²) in [5.74, 6) is 0.211. The minimum Gasteiger partial charge on any atom is -0.399 e. The van der Waals surface area contributed by atoms with Crippen molar-refractivity contribution >= 4 is 28.3 Å². The number of aromatic nitrogens is 2. The Morgan fingerprint density at radius 1 is 1.25 bits per heavy atom. The zero-order valence-electron chi connectivity index (χ0n) is 10.9. The summed E-state index contributed by atoms with van der Waals surface area (Å²) in [4.78, 5) is 4.50. The Labute approximate surface area is 120 Å². The number of fused-ring (bicyclic) bond motifs is 1. The summed E-state index contributed by atoms with van der Waals surface area (Å²) >= 11 is 5.98. The summed E-state index contributed by atoms with van der Waals surface area (Å²) in [6.45, 7) is 2.69. The minimum atomic E-state index is -0.374. The number of benzene rings is 2. The van der Waals surface area contributed by atoms with Gasteiger partial charge in [-0.3, -0.25) is 0 Å². The number of hydrogen-bond acceptors (Lipinski definition) is 2. The molecule has 102 valence electrons. The zero-order chi connectivity index (χ0) is 14.3. The van der Waals surface area contributed by atoms with Gasteiger partial charge in [0.05, 0.1) is 16.6 Å². The summed E-state index contributed by atoms with van der Waals surface area (Å²) in [5, 5.41) is 0.614. The van der Waals surface area contributed by atoms with E-state index < -0.39 is 0 Å². The lowest BCUT2D eigenvalue weighted by molar-refractivity contribution is 0.628. The van der Waals surface area contributed by atoms with Crippen LogP contribution in [0, 0.1) is 5.82 Å². The van der Waals surface area contributed by atoms with Gasteiger partial charge in [0.1, 0.15) is 11.6 Å². The molecule has 3 rings (SSSR count). The van der Waals surface area contributed by atoms with Crippen molar-refractivity contribution in [3.8, 4) is 11.4 Å². The van der Waals surface area contributed by atoms with E-state index in [1.807, 2.05) is 17.6 Å². The van der Waals surface area contributed by atoms with Gasteiger partial charge in [-0.25, -0.2) is 9.37 Å². The van der Waals surface area contributed by atoms with Crippen LogP contribution < -0.4 is 5.73 Å². The van der Waals surface area contributed by atoms with Crippen LogP contribution in [0.5, 0.6) is 0 Å². The molecule has 0 amide bonds. The van der Waals surface area contributed by atoms with Crippen molar-refractivity contribution in [3.63, 3.8) is 0 Å². The normalized spacial score (nSPS) is 11.2. The second kappa shape index (κ2) is 4.80. The number of rotatable bonds is 2. The van der Waals surface area contributed by atoms with E-state index in [4.69, 9.17) is 17.3 Å². The summed E-state index contributed by atoms with van der Waals surface area (Å²) in [6, 6.07) is 10.1. The highest BCUT2D eigenvalue weighted by atomic mass is 35.5. The average molecular weight is 290 g/mol. The highest BCUT2D eigenvalue weighted by Crippen LogP contribution is 2.29.